The van der Waals surface area contributed by atoms with Crippen LogP contribution in [0.15, 0.2) is 0 Å². The Hall–Kier alpha value is -0.00805. The van der Waals surface area contributed by atoms with Gasteiger partial charge in [0.25, 0.3) is 0 Å². The molecule has 0 aromatic carbocycles. The van der Waals surface area contributed by atoms with Gasteiger partial charge < -0.3 is 22.6 Å². The predicted octanol–water partition coefficient (Wildman–Crippen LogP) is 0.203. The van der Waals surface area contributed by atoms with Crippen LogP contribution in [0.1, 0.15) is 13.8 Å². The Kier molecular flexibility index (Phi) is 13.6. The third kappa shape index (κ3) is 6.69. The first-order valence-corrected chi connectivity index (χ1v) is 2.95. The summed E-state index contributed by atoms with van der Waals surface area (Å²) in [5, 5.41) is 10.5. The fourth-order valence-electron chi connectivity index (χ4n) is 0.577. The fourth-order valence-corrected chi connectivity index (χ4v) is 0.577. The van der Waals surface area contributed by atoms with Crippen molar-refractivity contribution in [1.82, 2.24) is 5.32 Å². The van der Waals surface area contributed by atoms with E-state index in [9.17, 15) is 9.59 Å². The van der Waals surface area contributed by atoms with Gasteiger partial charge in [0.05, 0.1) is 6.04 Å². The van der Waals surface area contributed by atoms with Crippen LogP contribution in [0, 0.1) is 44.5 Å². The zero-order chi connectivity index (χ0) is 8.15. The van der Waals surface area contributed by atoms with E-state index in [0.717, 1.165) is 0 Å². The summed E-state index contributed by atoms with van der Waals surface area (Å²) in [7, 11) is 0. The van der Waals surface area contributed by atoms with Crippen LogP contribution in [0.3, 0.4) is 0 Å². The molecule has 0 saturated heterocycles. The van der Waals surface area contributed by atoms with Gasteiger partial charge in [0, 0.05) is 0 Å². The second-order valence-corrected chi connectivity index (χ2v) is 2.31. The molecule has 2 N–H and O–H groups in total. The molecule has 0 aromatic rings. The van der Waals surface area contributed by atoms with Gasteiger partial charge in [-0.25, -0.2) is 0 Å². The summed E-state index contributed by atoms with van der Waals surface area (Å²) in [5.74, 6) is -1.14. The molecule has 0 unspecified atom stereocenters. The average molecular weight is 397 g/mol. The summed E-state index contributed by atoms with van der Waals surface area (Å²) in [4.78, 5) is 20.0. The fraction of sp³-hybridized carbons (Fsp3) is 0.571. The van der Waals surface area contributed by atoms with Gasteiger partial charge in [-0.05, 0) is 5.92 Å². The summed E-state index contributed by atoms with van der Waals surface area (Å²) in [6, 6.07) is -0.822. The van der Waals surface area contributed by atoms with Gasteiger partial charge in [0.15, 0.2) is 0 Å². The van der Waals surface area contributed by atoms with Crippen molar-refractivity contribution in [3.63, 3.8) is 0 Å². The van der Waals surface area contributed by atoms with Crippen molar-refractivity contribution in [3.05, 3.63) is 7.43 Å². The van der Waals surface area contributed by atoms with Crippen molar-refractivity contribution >= 4 is 12.4 Å². The number of hydrogen-bond acceptors (Lipinski definition) is 2. The van der Waals surface area contributed by atoms with Gasteiger partial charge >= 0.3 is 37.1 Å². The molecule has 0 spiro atoms. The van der Waals surface area contributed by atoms with Gasteiger partial charge in [0.1, 0.15) is 0 Å². The van der Waals surface area contributed by atoms with E-state index in [4.69, 9.17) is 5.11 Å². The Labute approximate surface area is 96.5 Å². The third-order valence-electron chi connectivity index (χ3n) is 1.15. The molecule has 68 valence electrons. The molecule has 1 amide bonds. The molecule has 0 aliphatic rings. The maximum Gasteiger partial charge on any atom is 2.00 e. The molecule has 5 heteroatoms. The first kappa shape index (κ1) is 17.9. The van der Waals surface area contributed by atoms with E-state index in [2.05, 4.69) is 5.32 Å². The molecule has 12 heavy (non-hydrogen) atoms. The summed E-state index contributed by atoms with van der Waals surface area (Å²) < 4.78 is 0. The average Bonchev–Trinajstić information content (AvgIpc) is 1.81. The van der Waals surface area contributed by atoms with E-state index >= 15 is 0 Å². The molecule has 1 atom stereocenters. The number of amides is 1. The number of rotatable bonds is 4. The Morgan fingerprint density at radius 3 is 2.00 bits per heavy atom. The monoisotopic (exact) mass is 397 g/mol. The van der Waals surface area contributed by atoms with Gasteiger partial charge in [0.2, 0.25) is 0 Å². The number of aliphatic carboxylic acids is 1. The largest absolute Gasteiger partial charge is 2.00 e. The Morgan fingerprint density at radius 1 is 1.50 bits per heavy atom. The number of carboxylic acids is 1. The molecule has 0 rings (SSSR count). The predicted molar refractivity (Wildman–Crippen MR) is 41.5 cm³/mol. The normalized spacial score (nSPS) is 10.6. The first-order valence-electron chi connectivity index (χ1n) is 2.95. The zero-order valence-electron chi connectivity index (χ0n) is 7.42. The minimum Gasteiger partial charge on any atom is -0.520 e. The van der Waals surface area contributed by atoms with Crippen LogP contribution in [0.25, 0.3) is 0 Å². The number of hydrogen-bond donors (Lipinski definition) is 2. The third-order valence-corrected chi connectivity index (χ3v) is 1.15. The number of carbonyl (C=O) groups is 1. The smallest absolute Gasteiger partial charge is 0.520 e. The summed E-state index contributed by atoms with van der Waals surface area (Å²) in [6.07, 6.45) is 1.35. The molecule has 0 saturated carbocycles. The molecule has 0 aromatic heterocycles. The minimum atomic E-state index is -1.03. The van der Waals surface area contributed by atoms with Crippen molar-refractivity contribution in [2.24, 2.45) is 5.92 Å². The number of nitrogens with one attached hydrogen (secondary N) is 1. The van der Waals surface area contributed by atoms with E-state index < -0.39 is 12.0 Å². The van der Waals surface area contributed by atoms with Crippen molar-refractivity contribution in [2.45, 2.75) is 19.9 Å². The van der Waals surface area contributed by atoms with Crippen molar-refractivity contribution in [3.8, 4) is 0 Å². The topological polar surface area (TPSA) is 66.4 Å². The number of carboxylic acid groups (broad SMARTS) is 1. The summed E-state index contributed by atoms with van der Waals surface area (Å²) >= 11 is 0. The van der Waals surface area contributed by atoms with Crippen molar-refractivity contribution < 1.29 is 45.8 Å². The van der Waals surface area contributed by atoms with E-state index in [0.29, 0.717) is 0 Å². The second kappa shape index (κ2) is 9.08. The Balaban J connectivity index is -0.000000405. The van der Waals surface area contributed by atoms with Crippen LogP contribution in [-0.2, 0) is 9.59 Å². The SMILES string of the molecule is CC(C)[C@H](N[C-]=O)C(=O)O.[CH3-].[U+2]. The summed E-state index contributed by atoms with van der Waals surface area (Å²) in [6.45, 7) is 3.42. The Morgan fingerprint density at radius 2 is 1.92 bits per heavy atom. The summed E-state index contributed by atoms with van der Waals surface area (Å²) in [5.41, 5.74) is 0. The Bertz CT molecular complexity index is 139. The van der Waals surface area contributed by atoms with Crippen LogP contribution in [0.4, 0.5) is 0 Å². The van der Waals surface area contributed by atoms with Crippen LogP contribution >= 0.6 is 0 Å². The second-order valence-electron chi connectivity index (χ2n) is 2.31. The molecule has 0 aliphatic carbocycles. The van der Waals surface area contributed by atoms with Crippen LogP contribution < -0.4 is 5.32 Å². The van der Waals surface area contributed by atoms with E-state index in [1.807, 2.05) is 0 Å². The molecule has 4 nitrogen and oxygen atoms in total. The number of carbonyl (C=O) groups excluding carboxylic acids is 1. The molecular formula is C7H13NO3U. The maximum atomic E-state index is 10.3. The molecular weight excluding hydrogens is 384 g/mol. The molecule has 0 radical (unpaired) electrons. The van der Waals surface area contributed by atoms with Crippen molar-refractivity contribution in [1.29, 1.82) is 0 Å². The quantitative estimate of drug-likeness (QED) is 0.527. The van der Waals surface area contributed by atoms with E-state index in [1.165, 1.54) is 6.41 Å². The maximum absolute atomic E-state index is 10.3. The van der Waals surface area contributed by atoms with Crippen LogP contribution in [-0.4, -0.2) is 23.5 Å². The van der Waals surface area contributed by atoms with Gasteiger partial charge in [-0.15, -0.1) is 0 Å². The van der Waals surface area contributed by atoms with E-state index in [1.54, 1.807) is 13.8 Å². The van der Waals surface area contributed by atoms with Gasteiger partial charge in [-0.1, -0.05) is 13.8 Å². The van der Waals surface area contributed by atoms with Crippen LogP contribution in [0.5, 0.6) is 0 Å². The van der Waals surface area contributed by atoms with Gasteiger partial charge in [-0.2, -0.15) is 6.41 Å². The standard InChI is InChI=1S/C6H10NO3.CH3.U/c1-4(2)5(6(9)10)7-3-8;;/h4-5H,1-2H3,(H,7,8)(H,9,10);1H3;/q2*-1;+2/t5-;;/m0../s1. The molecule has 0 heterocycles. The molecule has 0 aliphatic heterocycles. The molecule has 0 bridgehead atoms. The van der Waals surface area contributed by atoms with Crippen LogP contribution in [0.2, 0.25) is 0 Å². The van der Waals surface area contributed by atoms with Gasteiger partial charge in [-0.3, -0.25) is 4.79 Å². The van der Waals surface area contributed by atoms with E-state index in [-0.39, 0.29) is 44.5 Å². The first-order chi connectivity index (χ1) is 4.59. The molecule has 0 fully saturated rings. The van der Waals surface area contributed by atoms with Crippen molar-refractivity contribution in [2.75, 3.05) is 0 Å². The minimum absolute atomic E-state index is 0. The zero-order valence-corrected chi connectivity index (χ0v) is 11.6.